The molecule has 1 fully saturated rings. The van der Waals surface area contributed by atoms with Gasteiger partial charge in [0, 0.05) is 0 Å². The lowest BCUT2D eigenvalue weighted by molar-refractivity contribution is -0.123. The average molecular weight is 294 g/mol. The van der Waals surface area contributed by atoms with E-state index in [9.17, 15) is 4.79 Å². The number of benzene rings is 1. The van der Waals surface area contributed by atoms with Crippen molar-refractivity contribution in [3.05, 3.63) is 23.8 Å². The van der Waals surface area contributed by atoms with Gasteiger partial charge in [-0.3, -0.25) is 4.79 Å². The number of hydrogen-bond acceptors (Lipinski definition) is 6. The van der Waals surface area contributed by atoms with Gasteiger partial charge in [0.05, 0.1) is 12.0 Å². The topological polar surface area (TPSA) is 51.1 Å². The summed E-state index contributed by atoms with van der Waals surface area (Å²) in [6.07, 6.45) is 1.59. The predicted molar refractivity (Wildman–Crippen MR) is 76.9 cm³/mol. The van der Waals surface area contributed by atoms with Crippen LogP contribution in [0.4, 0.5) is 0 Å². The van der Waals surface area contributed by atoms with E-state index in [0.717, 1.165) is 11.3 Å². The highest BCUT2D eigenvalue weighted by Gasteiger charge is 2.25. The number of ether oxygens (including phenoxy) is 2. The number of hydrazone groups is 1. The summed E-state index contributed by atoms with van der Waals surface area (Å²) in [7, 11) is 0. The third-order valence-corrected chi connectivity index (χ3v) is 3.95. The van der Waals surface area contributed by atoms with E-state index in [1.54, 1.807) is 6.21 Å². The Balaban J connectivity index is 1.79. The van der Waals surface area contributed by atoms with Crippen LogP contribution in [0, 0.1) is 0 Å². The molecule has 0 saturated carbocycles. The van der Waals surface area contributed by atoms with Crippen molar-refractivity contribution >= 4 is 40.4 Å². The lowest BCUT2D eigenvalue weighted by atomic mass is 10.2. The summed E-state index contributed by atoms with van der Waals surface area (Å²) >= 11 is 6.36. The van der Waals surface area contributed by atoms with E-state index in [0.29, 0.717) is 29.0 Å². The Labute approximate surface area is 119 Å². The molecular formula is C12H10N2O3S2. The molecule has 98 valence electrons. The van der Waals surface area contributed by atoms with Crippen molar-refractivity contribution in [3.8, 4) is 11.5 Å². The van der Waals surface area contributed by atoms with Crippen molar-refractivity contribution in [2.75, 3.05) is 19.0 Å². The molecule has 0 N–H and O–H groups in total. The minimum Gasteiger partial charge on any atom is -0.486 e. The first-order chi connectivity index (χ1) is 9.24. The molecule has 0 spiro atoms. The summed E-state index contributed by atoms with van der Waals surface area (Å²) in [5, 5.41) is 5.35. The lowest BCUT2D eigenvalue weighted by Gasteiger charge is -2.18. The van der Waals surface area contributed by atoms with Gasteiger partial charge in [0.1, 0.15) is 13.2 Å². The number of carbonyl (C=O) groups is 1. The van der Waals surface area contributed by atoms with E-state index in [1.807, 2.05) is 18.2 Å². The number of thioether (sulfide) groups is 1. The highest BCUT2D eigenvalue weighted by atomic mass is 32.2. The van der Waals surface area contributed by atoms with Crippen LogP contribution in [-0.2, 0) is 4.79 Å². The summed E-state index contributed by atoms with van der Waals surface area (Å²) in [6, 6.07) is 5.51. The number of amides is 1. The first-order valence-electron chi connectivity index (χ1n) is 5.67. The van der Waals surface area contributed by atoms with Crippen LogP contribution in [0.2, 0.25) is 0 Å². The van der Waals surface area contributed by atoms with E-state index in [-0.39, 0.29) is 5.91 Å². The van der Waals surface area contributed by atoms with Crippen molar-refractivity contribution < 1.29 is 14.3 Å². The Bertz CT molecular complexity index is 558. The third-order valence-electron chi connectivity index (χ3n) is 2.62. The van der Waals surface area contributed by atoms with E-state index in [4.69, 9.17) is 21.7 Å². The van der Waals surface area contributed by atoms with E-state index in [1.165, 1.54) is 16.8 Å². The van der Waals surface area contributed by atoms with E-state index >= 15 is 0 Å². The molecule has 1 amide bonds. The summed E-state index contributed by atoms with van der Waals surface area (Å²) in [6.45, 7) is 1.10. The van der Waals surface area contributed by atoms with Gasteiger partial charge in [0.2, 0.25) is 0 Å². The number of rotatable bonds is 2. The molecule has 0 unspecified atom stereocenters. The molecule has 1 aromatic carbocycles. The third kappa shape index (κ3) is 2.57. The quantitative estimate of drug-likeness (QED) is 0.613. The van der Waals surface area contributed by atoms with Crippen LogP contribution in [0.15, 0.2) is 23.3 Å². The zero-order valence-corrected chi connectivity index (χ0v) is 11.5. The number of thiocarbonyl (C=S) groups is 1. The minimum atomic E-state index is -0.0937. The van der Waals surface area contributed by atoms with Crippen molar-refractivity contribution in [2.24, 2.45) is 5.10 Å². The Morgan fingerprint density at radius 2 is 2.11 bits per heavy atom. The summed E-state index contributed by atoms with van der Waals surface area (Å²) in [5.41, 5.74) is 0.830. The maximum atomic E-state index is 11.5. The van der Waals surface area contributed by atoms with Crippen molar-refractivity contribution in [2.45, 2.75) is 0 Å². The van der Waals surface area contributed by atoms with Gasteiger partial charge < -0.3 is 9.47 Å². The first kappa shape index (κ1) is 12.4. The number of nitrogens with zero attached hydrogens (tertiary/aromatic N) is 2. The monoisotopic (exact) mass is 294 g/mol. The molecule has 0 bridgehead atoms. The average Bonchev–Trinajstić information content (AvgIpc) is 2.76. The molecule has 0 aromatic heterocycles. The molecule has 2 aliphatic heterocycles. The molecule has 7 heteroatoms. The number of carbonyl (C=O) groups excluding carboxylic acids is 1. The van der Waals surface area contributed by atoms with Crippen LogP contribution in [0.3, 0.4) is 0 Å². The second kappa shape index (κ2) is 5.18. The molecule has 1 aromatic rings. The summed E-state index contributed by atoms with van der Waals surface area (Å²) < 4.78 is 11.4. The molecule has 2 heterocycles. The zero-order chi connectivity index (χ0) is 13.2. The molecular weight excluding hydrogens is 284 g/mol. The molecule has 0 aliphatic carbocycles. The van der Waals surface area contributed by atoms with Crippen molar-refractivity contribution in [1.82, 2.24) is 5.01 Å². The van der Waals surface area contributed by atoms with Crippen LogP contribution in [0.25, 0.3) is 0 Å². The summed E-state index contributed by atoms with van der Waals surface area (Å²) in [5.74, 6) is 1.69. The standard InChI is InChI=1S/C12H10N2O3S2/c15-11-7-19-12(18)14(11)13-6-8-1-2-9-10(5-8)17-4-3-16-9/h1-2,5-6H,3-4,7H2/b13-6-. The van der Waals surface area contributed by atoms with Crippen LogP contribution in [0.1, 0.15) is 5.56 Å². The fraction of sp³-hybridized carbons (Fsp3) is 0.250. The fourth-order valence-electron chi connectivity index (χ4n) is 1.72. The smallest absolute Gasteiger partial charge is 0.259 e. The lowest BCUT2D eigenvalue weighted by Crippen LogP contribution is -2.22. The van der Waals surface area contributed by atoms with Crippen LogP contribution < -0.4 is 9.47 Å². The van der Waals surface area contributed by atoms with E-state index in [2.05, 4.69) is 5.10 Å². The van der Waals surface area contributed by atoms with Gasteiger partial charge in [-0.15, -0.1) is 0 Å². The highest BCUT2D eigenvalue weighted by molar-refractivity contribution is 8.23. The molecule has 2 aliphatic rings. The Hall–Kier alpha value is -1.60. The van der Waals surface area contributed by atoms with Gasteiger partial charge in [0.15, 0.2) is 15.8 Å². The normalized spacial score (nSPS) is 18.4. The Kier molecular flexibility index (Phi) is 3.39. The molecule has 0 atom stereocenters. The van der Waals surface area contributed by atoms with Gasteiger partial charge in [-0.1, -0.05) is 24.0 Å². The molecule has 0 radical (unpaired) electrons. The van der Waals surface area contributed by atoms with Crippen LogP contribution in [-0.4, -0.2) is 40.4 Å². The van der Waals surface area contributed by atoms with Gasteiger partial charge in [-0.25, -0.2) is 0 Å². The van der Waals surface area contributed by atoms with Crippen molar-refractivity contribution in [1.29, 1.82) is 0 Å². The van der Waals surface area contributed by atoms with E-state index < -0.39 is 0 Å². The SMILES string of the molecule is O=C1CSC(=S)N1/N=C\c1ccc2c(c1)OCCO2. The van der Waals surface area contributed by atoms with Gasteiger partial charge in [-0.05, 0) is 23.8 Å². The van der Waals surface area contributed by atoms with Crippen molar-refractivity contribution in [3.63, 3.8) is 0 Å². The zero-order valence-electron chi connectivity index (χ0n) is 9.87. The minimum absolute atomic E-state index is 0.0937. The fourth-order valence-corrected chi connectivity index (χ4v) is 2.69. The Morgan fingerprint density at radius 3 is 2.84 bits per heavy atom. The maximum Gasteiger partial charge on any atom is 0.259 e. The van der Waals surface area contributed by atoms with Crippen LogP contribution in [0.5, 0.6) is 11.5 Å². The first-order valence-corrected chi connectivity index (χ1v) is 7.07. The molecule has 19 heavy (non-hydrogen) atoms. The second-order valence-corrected chi connectivity index (χ2v) is 5.52. The van der Waals surface area contributed by atoms with Gasteiger partial charge in [0.25, 0.3) is 5.91 Å². The largest absolute Gasteiger partial charge is 0.486 e. The van der Waals surface area contributed by atoms with Crippen LogP contribution >= 0.6 is 24.0 Å². The number of hydrogen-bond donors (Lipinski definition) is 0. The predicted octanol–water partition coefficient (Wildman–Crippen LogP) is 1.65. The molecule has 5 nitrogen and oxygen atoms in total. The maximum absolute atomic E-state index is 11.5. The van der Waals surface area contributed by atoms with Gasteiger partial charge >= 0.3 is 0 Å². The molecule has 3 rings (SSSR count). The second-order valence-electron chi connectivity index (χ2n) is 3.91. The summed E-state index contributed by atoms with van der Waals surface area (Å²) in [4.78, 5) is 11.5. The van der Waals surface area contributed by atoms with Gasteiger partial charge in [-0.2, -0.15) is 10.1 Å². The highest BCUT2D eigenvalue weighted by Crippen LogP contribution is 2.30. The number of fused-ring (bicyclic) bond motifs is 1. The molecule has 1 saturated heterocycles. The Morgan fingerprint density at radius 1 is 1.32 bits per heavy atom.